The minimum Gasteiger partial charge on any atom is -0.492 e. The lowest BCUT2D eigenvalue weighted by Gasteiger charge is -2.17. The number of hydrogen-bond acceptors (Lipinski definition) is 5. The number of nitrogens with zero attached hydrogens (tertiary/aromatic N) is 1. The minimum absolute atomic E-state index is 0.0607. The summed E-state index contributed by atoms with van der Waals surface area (Å²) >= 11 is 0. The van der Waals surface area contributed by atoms with Crippen LogP contribution in [0, 0.1) is 0 Å². The Bertz CT molecular complexity index is 653. The van der Waals surface area contributed by atoms with Crippen molar-refractivity contribution in [2.45, 2.75) is 5.75 Å². The van der Waals surface area contributed by atoms with Gasteiger partial charge in [0.25, 0.3) is 10.0 Å². The van der Waals surface area contributed by atoms with Crippen molar-refractivity contribution in [3.05, 3.63) is 29.3 Å². The van der Waals surface area contributed by atoms with Crippen molar-refractivity contribution in [2.24, 2.45) is 10.1 Å². The van der Waals surface area contributed by atoms with E-state index >= 15 is 0 Å². The van der Waals surface area contributed by atoms with Gasteiger partial charge in [0.15, 0.2) is 0 Å². The molecule has 8 heteroatoms. The molecule has 104 valence electrons. The Balaban J connectivity index is 2.31. The molecule has 0 fully saturated rings. The molecule has 1 aliphatic heterocycles. The van der Waals surface area contributed by atoms with E-state index in [1.165, 1.54) is 0 Å². The Morgan fingerprint density at radius 1 is 1.47 bits per heavy atom. The molecule has 0 aromatic heterocycles. The number of benzene rings is 1. The molecule has 1 unspecified atom stereocenters. The van der Waals surface area contributed by atoms with Gasteiger partial charge in [-0.1, -0.05) is 12.1 Å². The van der Waals surface area contributed by atoms with E-state index in [2.05, 4.69) is 4.40 Å². The quantitative estimate of drug-likeness (QED) is 0.843. The largest absolute Gasteiger partial charge is 0.492 e. The summed E-state index contributed by atoms with van der Waals surface area (Å²) < 4.78 is 42.9. The molecule has 0 radical (unpaired) electrons. The number of ether oxygens (including phenoxy) is 1. The minimum atomic E-state index is -3.54. The first-order chi connectivity index (χ1) is 8.89. The number of hydrogen-bond donors (Lipinski definition) is 1. The fraction of sp³-hybridized carbons (Fsp3) is 0.364. The van der Waals surface area contributed by atoms with Crippen molar-refractivity contribution >= 4 is 26.7 Å². The third kappa shape index (κ3) is 3.32. The van der Waals surface area contributed by atoms with Crippen LogP contribution < -0.4 is 10.5 Å². The number of nitrogens with two attached hydrogens (primary N) is 1. The fourth-order valence-corrected chi connectivity index (χ4v) is 3.21. The third-order valence-electron chi connectivity index (χ3n) is 2.57. The van der Waals surface area contributed by atoms with Crippen LogP contribution in [0.25, 0.3) is 0 Å². The van der Waals surface area contributed by atoms with Gasteiger partial charge >= 0.3 is 0 Å². The summed E-state index contributed by atoms with van der Waals surface area (Å²) in [4.78, 5) is 0. The fourth-order valence-electron chi connectivity index (χ4n) is 1.80. The zero-order chi connectivity index (χ0) is 14.0. The molecule has 1 aromatic rings. The molecule has 2 N–H and O–H groups in total. The molecule has 0 aliphatic carbocycles. The monoisotopic (exact) mass is 302 g/mol. The van der Waals surface area contributed by atoms with E-state index in [9.17, 15) is 12.6 Å². The Morgan fingerprint density at radius 2 is 2.21 bits per heavy atom. The summed E-state index contributed by atoms with van der Waals surface area (Å²) in [6.45, 7) is 0.277. The second-order valence-electron chi connectivity index (χ2n) is 4.12. The van der Waals surface area contributed by atoms with E-state index in [4.69, 9.17) is 10.5 Å². The van der Waals surface area contributed by atoms with Gasteiger partial charge in [-0.15, -0.1) is 4.40 Å². The normalized spacial score (nSPS) is 18.3. The average molecular weight is 302 g/mol. The van der Waals surface area contributed by atoms with E-state index in [-0.39, 0.29) is 18.2 Å². The van der Waals surface area contributed by atoms with Crippen molar-refractivity contribution < 1.29 is 17.4 Å². The molecular formula is C11H14N2O4S2. The summed E-state index contributed by atoms with van der Waals surface area (Å²) in [6, 6.07) is 5.07. The Labute approximate surface area is 114 Å². The van der Waals surface area contributed by atoms with Crippen molar-refractivity contribution in [3.63, 3.8) is 0 Å². The Hall–Kier alpha value is -1.41. The smallest absolute Gasteiger partial charge is 0.259 e. The van der Waals surface area contributed by atoms with Crippen LogP contribution in [0.15, 0.2) is 22.6 Å². The molecule has 0 saturated carbocycles. The standard InChI is InChI=1S/C11H14N2O4S2/c1-18(14)6-5-17-9-4-2-3-8-7-19(15,16)13-11(12)10(8)9/h2-4H,5-7H2,1H3,(H2,12,13). The van der Waals surface area contributed by atoms with Crippen molar-refractivity contribution in [2.75, 3.05) is 18.6 Å². The van der Waals surface area contributed by atoms with Crippen LogP contribution in [0.4, 0.5) is 0 Å². The molecule has 1 heterocycles. The SMILES string of the molecule is CS(=O)CCOc1cccc2c1C(N)=NS(=O)(=O)C2. The highest BCUT2D eigenvalue weighted by Gasteiger charge is 2.24. The van der Waals surface area contributed by atoms with Gasteiger partial charge < -0.3 is 10.5 Å². The highest BCUT2D eigenvalue weighted by Crippen LogP contribution is 2.27. The van der Waals surface area contributed by atoms with Crippen LogP contribution in [0.3, 0.4) is 0 Å². The lowest BCUT2D eigenvalue weighted by molar-refractivity contribution is 0.342. The zero-order valence-electron chi connectivity index (χ0n) is 10.3. The van der Waals surface area contributed by atoms with Crippen LogP contribution in [0.5, 0.6) is 5.75 Å². The maximum Gasteiger partial charge on any atom is 0.259 e. The third-order valence-corrected chi connectivity index (χ3v) is 4.46. The zero-order valence-corrected chi connectivity index (χ0v) is 12.0. The topological polar surface area (TPSA) is 98.8 Å². The van der Waals surface area contributed by atoms with E-state index < -0.39 is 20.8 Å². The molecule has 0 spiro atoms. The van der Waals surface area contributed by atoms with Gasteiger partial charge in [0, 0.05) is 17.1 Å². The first kappa shape index (κ1) is 14.0. The van der Waals surface area contributed by atoms with Crippen molar-refractivity contribution in [1.82, 2.24) is 0 Å². The summed E-state index contributed by atoms with van der Waals surface area (Å²) in [5, 5.41) is 0. The number of rotatable bonds is 4. The van der Waals surface area contributed by atoms with Gasteiger partial charge in [-0.05, 0) is 11.6 Å². The van der Waals surface area contributed by atoms with Crippen LogP contribution in [0.2, 0.25) is 0 Å². The molecular weight excluding hydrogens is 288 g/mol. The first-order valence-electron chi connectivity index (χ1n) is 5.52. The van der Waals surface area contributed by atoms with E-state index in [0.29, 0.717) is 22.6 Å². The second kappa shape index (κ2) is 5.30. The van der Waals surface area contributed by atoms with Crippen molar-refractivity contribution in [3.8, 4) is 5.75 Å². The lowest BCUT2D eigenvalue weighted by Crippen LogP contribution is -2.25. The predicted molar refractivity (Wildman–Crippen MR) is 74.2 cm³/mol. The molecule has 19 heavy (non-hydrogen) atoms. The van der Waals surface area contributed by atoms with Gasteiger partial charge in [0.05, 0.1) is 23.7 Å². The van der Waals surface area contributed by atoms with Crippen LogP contribution in [-0.4, -0.2) is 37.1 Å². The maximum absolute atomic E-state index is 11.5. The van der Waals surface area contributed by atoms with Crippen molar-refractivity contribution in [1.29, 1.82) is 0 Å². The summed E-state index contributed by atoms with van der Waals surface area (Å²) in [5.41, 5.74) is 6.77. The van der Waals surface area contributed by atoms with Gasteiger partial charge in [-0.2, -0.15) is 0 Å². The maximum atomic E-state index is 11.5. The molecule has 0 saturated heterocycles. The molecule has 1 atom stereocenters. The van der Waals surface area contributed by atoms with Gasteiger partial charge in [-0.25, -0.2) is 8.42 Å². The highest BCUT2D eigenvalue weighted by molar-refractivity contribution is 7.89. The van der Waals surface area contributed by atoms with Gasteiger partial charge in [0.1, 0.15) is 11.6 Å². The molecule has 0 amide bonds. The molecule has 1 aromatic carbocycles. The van der Waals surface area contributed by atoms with E-state index in [1.807, 2.05) is 0 Å². The van der Waals surface area contributed by atoms with Gasteiger partial charge in [0.2, 0.25) is 0 Å². The average Bonchev–Trinajstić information content (AvgIpc) is 2.26. The molecule has 0 bridgehead atoms. The van der Waals surface area contributed by atoms with E-state index in [1.54, 1.807) is 24.5 Å². The number of amidine groups is 1. The number of sulfonamides is 1. The number of fused-ring (bicyclic) bond motifs is 1. The summed E-state index contributed by atoms with van der Waals surface area (Å²) in [7, 11) is -4.48. The van der Waals surface area contributed by atoms with Crippen LogP contribution >= 0.6 is 0 Å². The van der Waals surface area contributed by atoms with E-state index in [0.717, 1.165) is 0 Å². The molecule has 1 aliphatic rings. The van der Waals surface area contributed by atoms with Crippen LogP contribution in [-0.2, 0) is 26.6 Å². The molecule has 6 nitrogen and oxygen atoms in total. The predicted octanol–water partition coefficient (Wildman–Crippen LogP) is -0.00740. The van der Waals surface area contributed by atoms with Crippen LogP contribution in [0.1, 0.15) is 11.1 Å². The molecule has 2 rings (SSSR count). The second-order valence-corrected chi connectivity index (χ2v) is 7.31. The Morgan fingerprint density at radius 3 is 2.89 bits per heavy atom. The Kier molecular flexibility index (Phi) is 3.91. The summed E-state index contributed by atoms with van der Waals surface area (Å²) in [5.74, 6) is 0.632. The lowest BCUT2D eigenvalue weighted by atomic mass is 10.1. The highest BCUT2D eigenvalue weighted by atomic mass is 32.2. The first-order valence-corrected chi connectivity index (χ1v) is 8.86. The summed E-state index contributed by atoms with van der Waals surface area (Å²) in [6.07, 6.45) is 1.59. The van der Waals surface area contributed by atoms with Gasteiger partial charge in [-0.3, -0.25) is 4.21 Å².